The normalized spacial score (nSPS) is 13.2. The first-order chi connectivity index (χ1) is 8.70. The Morgan fingerprint density at radius 3 is 2.47 bits per heavy atom. The van der Waals surface area contributed by atoms with E-state index in [1.165, 1.54) is 19.1 Å². The van der Waals surface area contributed by atoms with Gasteiger partial charge in [0.1, 0.15) is 17.2 Å². The largest absolute Gasteiger partial charge is 0.369 e. The molecular formula is C14H19F2NO2. The molecule has 0 aliphatic carbocycles. The maximum atomic E-state index is 13.7. The van der Waals surface area contributed by atoms with Crippen molar-refractivity contribution in [3.63, 3.8) is 0 Å². The zero-order valence-electron chi connectivity index (χ0n) is 11.8. The number of hydrogen-bond acceptors (Lipinski definition) is 2. The van der Waals surface area contributed by atoms with Gasteiger partial charge in [-0.05, 0) is 39.0 Å². The molecule has 0 aliphatic heterocycles. The number of carbonyl (C=O) groups is 1. The Morgan fingerprint density at radius 2 is 1.95 bits per heavy atom. The van der Waals surface area contributed by atoms with Crippen molar-refractivity contribution in [3.05, 3.63) is 35.4 Å². The zero-order chi connectivity index (χ0) is 14.8. The summed E-state index contributed by atoms with van der Waals surface area (Å²) in [5.74, 6) is -1.37. The number of amides is 1. The Kier molecular flexibility index (Phi) is 4.63. The monoisotopic (exact) mass is 271 g/mol. The van der Waals surface area contributed by atoms with Crippen molar-refractivity contribution in [3.8, 4) is 0 Å². The number of methoxy groups -OCH3 is 1. The van der Waals surface area contributed by atoms with E-state index in [0.29, 0.717) is 0 Å². The molecule has 1 atom stereocenters. The quantitative estimate of drug-likeness (QED) is 0.842. The van der Waals surface area contributed by atoms with Gasteiger partial charge >= 0.3 is 0 Å². The standard InChI is InChI=1S/C14H19F2NO2/c1-9(11-8-10(15)6-7-12(11)16)17(4)13(18)14(2,3)19-5/h6-9H,1-5H3. The minimum Gasteiger partial charge on any atom is -0.369 e. The molecule has 0 N–H and O–H groups in total. The summed E-state index contributed by atoms with van der Waals surface area (Å²) in [7, 11) is 2.97. The maximum absolute atomic E-state index is 13.7. The highest BCUT2D eigenvalue weighted by Gasteiger charge is 2.33. The highest BCUT2D eigenvalue weighted by atomic mass is 19.1. The maximum Gasteiger partial charge on any atom is 0.254 e. The number of nitrogens with zero attached hydrogens (tertiary/aromatic N) is 1. The molecule has 0 aliphatic rings. The predicted octanol–water partition coefficient (Wildman–Crippen LogP) is 2.91. The van der Waals surface area contributed by atoms with Crippen LogP contribution in [0.25, 0.3) is 0 Å². The van der Waals surface area contributed by atoms with Gasteiger partial charge in [-0.2, -0.15) is 0 Å². The molecular weight excluding hydrogens is 252 g/mol. The van der Waals surface area contributed by atoms with Crippen LogP contribution in [0.2, 0.25) is 0 Å². The van der Waals surface area contributed by atoms with E-state index in [4.69, 9.17) is 4.74 Å². The Hall–Kier alpha value is -1.49. The molecule has 0 radical (unpaired) electrons. The predicted molar refractivity (Wildman–Crippen MR) is 68.6 cm³/mol. The molecule has 1 rings (SSSR count). The van der Waals surface area contributed by atoms with Crippen molar-refractivity contribution in [2.24, 2.45) is 0 Å². The van der Waals surface area contributed by atoms with Crippen LogP contribution in [-0.4, -0.2) is 30.6 Å². The van der Waals surface area contributed by atoms with Crippen LogP contribution in [0.1, 0.15) is 32.4 Å². The van der Waals surface area contributed by atoms with Crippen molar-refractivity contribution in [2.45, 2.75) is 32.4 Å². The number of hydrogen-bond donors (Lipinski definition) is 0. The number of carbonyl (C=O) groups excluding carboxylic acids is 1. The number of likely N-dealkylation sites (N-methyl/N-ethyl adjacent to an activating group) is 1. The second-order valence-electron chi connectivity index (χ2n) is 4.97. The SMILES string of the molecule is COC(C)(C)C(=O)N(C)C(C)c1cc(F)ccc1F. The molecule has 3 nitrogen and oxygen atoms in total. The van der Waals surface area contributed by atoms with Gasteiger partial charge in [0.25, 0.3) is 5.91 Å². The summed E-state index contributed by atoms with van der Waals surface area (Å²) in [5.41, 5.74) is -0.866. The average Bonchev–Trinajstić information content (AvgIpc) is 2.38. The molecule has 0 bridgehead atoms. The Bertz CT molecular complexity index is 475. The lowest BCUT2D eigenvalue weighted by Crippen LogP contribution is -2.45. The van der Waals surface area contributed by atoms with Crippen LogP contribution in [-0.2, 0) is 9.53 Å². The molecule has 0 aromatic heterocycles. The molecule has 0 heterocycles. The highest BCUT2D eigenvalue weighted by molar-refractivity contribution is 5.84. The molecule has 0 spiro atoms. The van der Waals surface area contributed by atoms with Gasteiger partial charge in [-0.15, -0.1) is 0 Å². The van der Waals surface area contributed by atoms with Crippen LogP contribution in [0.5, 0.6) is 0 Å². The van der Waals surface area contributed by atoms with Gasteiger partial charge in [0.15, 0.2) is 0 Å². The fourth-order valence-electron chi connectivity index (χ4n) is 1.73. The first-order valence-electron chi connectivity index (χ1n) is 5.98. The van der Waals surface area contributed by atoms with Gasteiger partial charge in [0.2, 0.25) is 0 Å². The summed E-state index contributed by atoms with van der Waals surface area (Å²) in [6.07, 6.45) is 0. The van der Waals surface area contributed by atoms with Crippen LogP contribution < -0.4 is 0 Å². The number of ether oxygens (including phenoxy) is 1. The van der Waals surface area contributed by atoms with E-state index in [2.05, 4.69) is 0 Å². The summed E-state index contributed by atoms with van der Waals surface area (Å²) in [4.78, 5) is 13.5. The lowest BCUT2D eigenvalue weighted by molar-refractivity contribution is -0.151. The Labute approximate surface area is 112 Å². The zero-order valence-corrected chi connectivity index (χ0v) is 11.8. The van der Waals surface area contributed by atoms with Crippen LogP contribution in [0.3, 0.4) is 0 Å². The van der Waals surface area contributed by atoms with E-state index < -0.39 is 23.3 Å². The third kappa shape index (κ3) is 3.29. The van der Waals surface area contributed by atoms with Gasteiger partial charge in [-0.1, -0.05) is 0 Å². The molecule has 19 heavy (non-hydrogen) atoms. The van der Waals surface area contributed by atoms with Crippen LogP contribution >= 0.6 is 0 Å². The van der Waals surface area contributed by atoms with Crippen molar-refractivity contribution in [1.82, 2.24) is 4.90 Å². The van der Waals surface area contributed by atoms with Crippen molar-refractivity contribution in [1.29, 1.82) is 0 Å². The number of rotatable bonds is 4. The first-order valence-corrected chi connectivity index (χ1v) is 5.98. The van der Waals surface area contributed by atoms with Gasteiger partial charge in [0.05, 0.1) is 6.04 Å². The van der Waals surface area contributed by atoms with Crippen LogP contribution in [0, 0.1) is 11.6 Å². The van der Waals surface area contributed by atoms with E-state index in [1.54, 1.807) is 20.8 Å². The summed E-state index contributed by atoms with van der Waals surface area (Å²) in [6, 6.07) is 2.62. The number of halogens is 2. The summed E-state index contributed by atoms with van der Waals surface area (Å²) < 4.78 is 32.0. The molecule has 1 amide bonds. The summed E-state index contributed by atoms with van der Waals surface area (Å²) in [5, 5.41) is 0. The molecule has 5 heteroatoms. The smallest absolute Gasteiger partial charge is 0.254 e. The summed E-state index contributed by atoms with van der Waals surface area (Å²) in [6.45, 7) is 4.89. The van der Waals surface area contributed by atoms with Crippen molar-refractivity contribution >= 4 is 5.91 Å². The first kappa shape index (κ1) is 15.6. The summed E-state index contributed by atoms with van der Waals surface area (Å²) >= 11 is 0. The molecule has 106 valence electrons. The topological polar surface area (TPSA) is 29.5 Å². The number of benzene rings is 1. The van der Waals surface area contributed by atoms with Crippen molar-refractivity contribution < 1.29 is 18.3 Å². The van der Waals surface area contributed by atoms with E-state index in [0.717, 1.165) is 18.2 Å². The van der Waals surface area contributed by atoms with Gasteiger partial charge < -0.3 is 9.64 Å². The van der Waals surface area contributed by atoms with E-state index in [9.17, 15) is 13.6 Å². The lowest BCUT2D eigenvalue weighted by atomic mass is 10.0. The van der Waals surface area contributed by atoms with E-state index in [-0.39, 0.29) is 11.5 Å². The molecule has 1 aromatic rings. The Morgan fingerprint density at radius 1 is 1.37 bits per heavy atom. The van der Waals surface area contributed by atoms with Crippen molar-refractivity contribution in [2.75, 3.05) is 14.2 Å². The second-order valence-corrected chi connectivity index (χ2v) is 4.97. The average molecular weight is 271 g/mol. The minimum absolute atomic E-state index is 0.141. The van der Waals surface area contributed by atoms with Gasteiger partial charge in [-0.25, -0.2) is 8.78 Å². The molecule has 0 saturated heterocycles. The minimum atomic E-state index is -1.01. The van der Waals surface area contributed by atoms with E-state index in [1.807, 2.05) is 0 Å². The van der Waals surface area contributed by atoms with Gasteiger partial charge in [0, 0.05) is 19.7 Å². The third-order valence-electron chi connectivity index (χ3n) is 3.33. The molecule has 1 aromatic carbocycles. The molecule has 1 unspecified atom stereocenters. The second kappa shape index (κ2) is 5.65. The fourth-order valence-corrected chi connectivity index (χ4v) is 1.73. The van der Waals surface area contributed by atoms with Gasteiger partial charge in [-0.3, -0.25) is 4.79 Å². The molecule has 0 saturated carbocycles. The Balaban J connectivity index is 3.03. The third-order valence-corrected chi connectivity index (χ3v) is 3.33. The van der Waals surface area contributed by atoms with Crippen LogP contribution in [0.15, 0.2) is 18.2 Å². The van der Waals surface area contributed by atoms with E-state index >= 15 is 0 Å². The lowest BCUT2D eigenvalue weighted by Gasteiger charge is -2.32. The fraction of sp³-hybridized carbons (Fsp3) is 0.500. The highest BCUT2D eigenvalue weighted by Crippen LogP contribution is 2.25. The molecule has 0 fully saturated rings. The van der Waals surface area contributed by atoms with Crippen LogP contribution in [0.4, 0.5) is 8.78 Å².